The average Bonchev–Trinajstić information content (AvgIpc) is 2.18. The molecule has 1 rings (SSSR count). The van der Waals surface area contributed by atoms with Crippen LogP contribution in [0.15, 0.2) is 24.8 Å². The lowest BCUT2D eigenvalue weighted by molar-refractivity contribution is 0.217. The van der Waals surface area contributed by atoms with Gasteiger partial charge in [0.25, 0.3) is 0 Å². The third-order valence-corrected chi connectivity index (χ3v) is 2.11. The van der Waals surface area contributed by atoms with E-state index in [-0.39, 0.29) is 5.56 Å². The number of rotatable bonds is 3. The van der Waals surface area contributed by atoms with Gasteiger partial charge in [0.2, 0.25) is 0 Å². The van der Waals surface area contributed by atoms with Gasteiger partial charge in [-0.1, -0.05) is 19.1 Å². The van der Waals surface area contributed by atoms with E-state index in [2.05, 4.69) is 6.58 Å². The fraction of sp³-hybridized carbons (Fsp3) is 0.273. The van der Waals surface area contributed by atoms with E-state index >= 15 is 0 Å². The second kappa shape index (κ2) is 4.33. The van der Waals surface area contributed by atoms with E-state index in [1.807, 2.05) is 0 Å². The number of hydrogen-bond donors (Lipinski definition) is 1. The highest BCUT2D eigenvalue weighted by Crippen LogP contribution is 2.24. The standard InChI is InChI=1S/C11H12F2O/c1-3-7-5-6-8(12)10(11(7)13)9(14)4-2/h4-6,9,14H,2-3H2,1H3. The molecular weight excluding hydrogens is 186 g/mol. The molecule has 1 nitrogen and oxygen atoms in total. The van der Waals surface area contributed by atoms with Gasteiger partial charge in [0.15, 0.2) is 0 Å². The Bertz CT molecular complexity index is 347. The molecule has 0 radical (unpaired) electrons. The van der Waals surface area contributed by atoms with Crippen LogP contribution in [0.4, 0.5) is 8.78 Å². The van der Waals surface area contributed by atoms with Crippen LogP contribution in [0.5, 0.6) is 0 Å². The van der Waals surface area contributed by atoms with Gasteiger partial charge < -0.3 is 5.11 Å². The minimum absolute atomic E-state index is 0.320. The van der Waals surface area contributed by atoms with E-state index in [9.17, 15) is 13.9 Å². The summed E-state index contributed by atoms with van der Waals surface area (Å²) in [5.74, 6) is -1.42. The Balaban J connectivity index is 3.31. The Labute approximate surface area is 81.7 Å². The molecule has 1 aromatic carbocycles. The van der Waals surface area contributed by atoms with Crippen LogP contribution in [-0.2, 0) is 6.42 Å². The van der Waals surface area contributed by atoms with Crippen molar-refractivity contribution in [2.45, 2.75) is 19.4 Å². The molecule has 0 bridgehead atoms. The topological polar surface area (TPSA) is 20.2 Å². The van der Waals surface area contributed by atoms with Gasteiger partial charge in [-0.05, 0) is 18.1 Å². The van der Waals surface area contributed by atoms with Gasteiger partial charge in [0, 0.05) is 0 Å². The lowest BCUT2D eigenvalue weighted by Crippen LogP contribution is -2.04. The maximum atomic E-state index is 13.5. The van der Waals surface area contributed by atoms with Gasteiger partial charge >= 0.3 is 0 Å². The van der Waals surface area contributed by atoms with Crippen LogP contribution in [0.1, 0.15) is 24.2 Å². The molecule has 0 saturated heterocycles. The predicted octanol–water partition coefficient (Wildman–Crippen LogP) is 2.75. The average molecular weight is 198 g/mol. The molecule has 0 aromatic heterocycles. The lowest BCUT2D eigenvalue weighted by Gasteiger charge is -2.11. The molecule has 0 aliphatic heterocycles. The summed E-state index contributed by atoms with van der Waals surface area (Å²) < 4.78 is 26.7. The van der Waals surface area contributed by atoms with Crippen molar-refractivity contribution in [1.82, 2.24) is 0 Å². The maximum absolute atomic E-state index is 13.5. The summed E-state index contributed by atoms with van der Waals surface area (Å²) in [5.41, 5.74) is 0.0710. The van der Waals surface area contributed by atoms with E-state index in [4.69, 9.17) is 0 Å². The highest BCUT2D eigenvalue weighted by atomic mass is 19.1. The van der Waals surface area contributed by atoms with Crippen molar-refractivity contribution < 1.29 is 13.9 Å². The Morgan fingerprint density at radius 1 is 1.50 bits per heavy atom. The normalized spacial score (nSPS) is 12.6. The van der Waals surface area contributed by atoms with Crippen molar-refractivity contribution in [3.63, 3.8) is 0 Å². The van der Waals surface area contributed by atoms with E-state index in [0.717, 1.165) is 12.1 Å². The van der Waals surface area contributed by atoms with Crippen molar-refractivity contribution >= 4 is 0 Å². The molecule has 0 fully saturated rings. The Kier molecular flexibility index (Phi) is 3.36. The van der Waals surface area contributed by atoms with E-state index in [0.29, 0.717) is 12.0 Å². The summed E-state index contributed by atoms with van der Waals surface area (Å²) in [7, 11) is 0. The van der Waals surface area contributed by atoms with E-state index in [1.54, 1.807) is 6.92 Å². The number of hydrogen-bond acceptors (Lipinski definition) is 1. The molecule has 1 aromatic rings. The fourth-order valence-corrected chi connectivity index (χ4v) is 1.28. The number of aliphatic hydroxyl groups is 1. The molecule has 14 heavy (non-hydrogen) atoms. The van der Waals surface area contributed by atoms with Gasteiger partial charge in [0.1, 0.15) is 17.7 Å². The highest BCUT2D eigenvalue weighted by Gasteiger charge is 2.17. The quantitative estimate of drug-likeness (QED) is 0.740. The summed E-state index contributed by atoms with van der Waals surface area (Å²) in [6.07, 6.45) is 0.269. The van der Waals surface area contributed by atoms with Crippen LogP contribution in [0, 0.1) is 11.6 Å². The summed E-state index contributed by atoms with van der Waals surface area (Å²) in [4.78, 5) is 0. The summed E-state index contributed by atoms with van der Waals surface area (Å²) in [6.45, 7) is 5.06. The van der Waals surface area contributed by atoms with Gasteiger partial charge in [-0.2, -0.15) is 0 Å². The van der Waals surface area contributed by atoms with Crippen LogP contribution in [-0.4, -0.2) is 5.11 Å². The number of aryl methyl sites for hydroxylation is 1. The number of benzene rings is 1. The van der Waals surface area contributed by atoms with Crippen molar-refractivity contribution in [2.24, 2.45) is 0 Å². The zero-order chi connectivity index (χ0) is 10.7. The molecule has 1 atom stereocenters. The van der Waals surface area contributed by atoms with Crippen molar-refractivity contribution in [1.29, 1.82) is 0 Å². The van der Waals surface area contributed by atoms with E-state index in [1.165, 1.54) is 6.07 Å². The molecule has 1 N–H and O–H groups in total. The van der Waals surface area contributed by atoms with Gasteiger partial charge in [-0.25, -0.2) is 8.78 Å². The molecule has 0 amide bonds. The monoisotopic (exact) mass is 198 g/mol. The number of aliphatic hydroxyl groups excluding tert-OH is 1. The minimum atomic E-state index is -1.29. The zero-order valence-corrected chi connectivity index (χ0v) is 7.93. The molecule has 0 heterocycles. The molecule has 1 unspecified atom stereocenters. The minimum Gasteiger partial charge on any atom is -0.384 e. The zero-order valence-electron chi connectivity index (χ0n) is 7.93. The van der Waals surface area contributed by atoms with Gasteiger partial charge in [0.05, 0.1) is 5.56 Å². The van der Waals surface area contributed by atoms with E-state index < -0.39 is 17.7 Å². The second-order valence-corrected chi connectivity index (χ2v) is 2.97. The predicted molar refractivity (Wildman–Crippen MR) is 50.9 cm³/mol. The first-order valence-corrected chi connectivity index (χ1v) is 4.39. The third-order valence-electron chi connectivity index (χ3n) is 2.11. The van der Waals surface area contributed by atoms with Crippen LogP contribution in [0.25, 0.3) is 0 Å². The first-order chi connectivity index (χ1) is 6.61. The van der Waals surface area contributed by atoms with Crippen LogP contribution in [0.2, 0.25) is 0 Å². The smallest absolute Gasteiger partial charge is 0.135 e. The first kappa shape index (κ1) is 10.9. The summed E-state index contributed by atoms with van der Waals surface area (Å²) in [5, 5.41) is 9.31. The Morgan fingerprint density at radius 3 is 2.64 bits per heavy atom. The molecule has 3 heteroatoms. The second-order valence-electron chi connectivity index (χ2n) is 2.97. The van der Waals surface area contributed by atoms with Crippen LogP contribution >= 0.6 is 0 Å². The Hall–Kier alpha value is -1.22. The number of halogens is 2. The first-order valence-electron chi connectivity index (χ1n) is 4.39. The van der Waals surface area contributed by atoms with Crippen LogP contribution < -0.4 is 0 Å². The summed E-state index contributed by atoms with van der Waals surface area (Å²) in [6, 6.07) is 2.54. The molecule has 0 aliphatic carbocycles. The van der Waals surface area contributed by atoms with Gasteiger partial charge in [-0.15, -0.1) is 6.58 Å². The summed E-state index contributed by atoms with van der Waals surface area (Å²) >= 11 is 0. The Morgan fingerprint density at radius 2 is 2.14 bits per heavy atom. The van der Waals surface area contributed by atoms with Crippen LogP contribution in [0.3, 0.4) is 0 Å². The fourth-order valence-electron chi connectivity index (χ4n) is 1.28. The SMILES string of the molecule is C=CC(O)c1c(F)ccc(CC)c1F. The molecule has 0 spiro atoms. The maximum Gasteiger partial charge on any atom is 0.135 e. The molecule has 0 aliphatic rings. The lowest BCUT2D eigenvalue weighted by atomic mass is 10.0. The van der Waals surface area contributed by atoms with Crippen molar-refractivity contribution in [3.05, 3.63) is 47.5 Å². The highest BCUT2D eigenvalue weighted by molar-refractivity contribution is 5.30. The molecular formula is C11H12F2O. The molecule has 76 valence electrons. The van der Waals surface area contributed by atoms with Crippen molar-refractivity contribution in [2.75, 3.05) is 0 Å². The largest absolute Gasteiger partial charge is 0.384 e. The van der Waals surface area contributed by atoms with Gasteiger partial charge in [-0.3, -0.25) is 0 Å². The molecule has 0 saturated carbocycles. The third kappa shape index (κ3) is 1.82. The van der Waals surface area contributed by atoms with Crippen molar-refractivity contribution in [3.8, 4) is 0 Å².